The monoisotopic (exact) mass is 630 g/mol. The Labute approximate surface area is 275 Å². The highest BCUT2D eigenvalue weighted by Crippen LogP contribution is 2.41. The molecule has 2 atom stereocenters. The molecule has 3 aromatic carbocycles. The summed E-state index contributed by atoms with van der Waals surface area (Å²) >= 11 is 5.93. The molecule has 2 fully saturated rings. The van der Waals surface area contributed by atoms with Crippen molar-refractivity contribution in [2.75, 3.05) is 43.1 Å². The summed E-state index contributed by atoms with van der Waals surface area (Å²) in [6.07, 6.45) is 2.11. The van der Waals surface area contributed by atoms with Gasteiger partial charge in [0.15, 0.2) is 5.11 Å². The number of amides is 1. The molecule has 234 valence electrons. The second-order valence-electron chi connectivity index (χ2n) is 11.9. The van der Waals surface area contributed by atoms with Crippen molar-refractivity contribution in [1.29, 1.82) is 0 Å². The summed E-state index contributed by atoms with van der Waals surface area (Å²) in [4.78, 5) is 22.6. The van der Waals surface area contributed by atoms with Gasteiger partial charge in [0.25, 0.3) is 0 Å². The number of hydrogen-bond donors (Lipinski definition) is 2. The third kappa shape index (κ3) is 5.84. The molecular formula is C37H38N6O2S. The lowest BCUT2D eigenvalue weighted by Gasteiger charge is -2.29. The van der Waals surface area contributed by atoms with Gasteiger partial charge in [-0.1, -0.05) is 42.5 Å². The summed E-state index contributed by atoms with van der Waals surface area (Å²) in [7, 11) is 0. The Bertz CT molecular complexity index is 1860. The van der Waals surface area contributed by atoms with Gasteiger partial charge in [-0.3, -0.25) is 9.78 Å². The molecule has 2 N–H and O–H groups in total. The third-order valence-electron chi connectivity index (χ3n) is 9.11. The van der Waals surface area contributed by atoms with Gasteiger partial charge in [0.2, 0.25) is 5.91 Å². The first-order chi connectivity index (χ1) is 22.5. The fourth-order valence-electron chi connectivity index (χ4n) is 6.87. The number of carbonyl (C=O) groups is 1. The van der Waals surface area contributed by atoms with Crippen LogP contribution in [0.2, 0.25) is 0 Å². The minimum absolute atomic E-state index is 0.0509. The SMILES string of the molecule is Cc1cc(C2C(c3ccccn3)NC(=S)N2CCC(=O)Nc2cccc3ccccc23)c(C)n1-c1ccc(N2CCOCC2)cc1. The van der Waals surface area contributed by atoms with E-state index in [-0.39, 0.29) is 24.4 Å². The molecule has 2 aliphatic heterocycles. The Kier molecular flexibility index (Phi) is 8.43. The highest BCUT2D eigenvalue weighted by atomic mass is 32.1. The van der Waals surface area contributed by atoms with Gasteiger partial charge in [-0.2, -0.15) is 0 Å². The number of benzene rings is 3. The lowest BCUT2D eigenvalue weighted by molar-refractivity contribution is -0.116. The Morgan fingerprint density at radius 1 is 0.957 bits per heavy atom. The van der Waals surface area contributed by atoms with E-state index >= 15 is 0 Å². The predicted octanol–water partition coefficient (Wildman–Crippen LogP) is 6.48. The molecule has 2 aliphatic rings. The van der Waals surface area contributed by atoms with Crippen molar-refractivity contribution in [3.63, 3.8) is 0 Å². The van der Waals surface area contributed by atoms with E-state index in [1.165, 1.54) is 5.69 Å². The largest absolute Gasteiger partial charge is 0.378 e. The molecular weight excluding hydrogens is 593 g/mol. The summed E-state index contributed by atoms with van der Waals surface area (Å²) in [5.41, 5.74) is 7.49. The summed E-state index contributed by atoms with van der Waals surface area (Å²) in [5, 5.41) is 9.42. The van der Waals surface area contributed by atoms with Crippen LogP contribution in [0.5, 0.6) is 0 Å². The van der Waals surface area contributed by atoms with Gasteiger partial charge >= 0.3 is 0 Å². The molecule has 0 spiro atoms. The van der Waals surface area contributed by atoms with Crippen molar-refractivity contribution in [1.82, 2.24) is 19.8 Å². The molecule has 0 radical (unpaired) electrons. The van der Waals surface area contributed by atoms with Crippen molar-refractivity contribution in [3.05, 3.63) is 120 Å². The fraction of sp³-hybridized carbons (Fsp3) is 0.270. The fourth-order valence-corrected chi connectivity index (χ4v) is 7.20. The predicted molar refractivity (Wildman–Crippen MR) is 188 cm³/mol. The first kappa shape index (κ1) is 30.0. The maximum atomic E-state index is 13.3. The van der Waals surface area contributed by atoms with E-state index in [2.05, 4.69) is 81.3 Å². The zero-order valence-corrected chi connectivity index (χ0v) is 27.0. The minimum Gasteiger partial charge on any atom is -0.378 e. The van der Waals surface area contributed by atoms with Crippen LogP contribution in [0.15, 0.2) is 97.2 Å². The molecule has 9 heteroatoms. The maximum Gasteiger partial charge on any atom is 0.226 e. The number of fused-ring (bicyclic) bond motifs is 1. The number of pyridine rings is 1. The van der Waals surface area contributed by atoms with Crippen molar-refractivity contribution in [2.24, 2.45) is 0 Å². The quantitative estimate of drug-likeness (QED) is 0.190. The molecule has 46 heavy (non-hydrogen) atoms. The Balaban J connectivity index is 1.17. The molecule has 7 rings (SSSR count). The number of aryl methyl sites for hydroxylation is 1. The van der Waals surface area contributed by atoms with E-state index in [0.717, 1.165) is 71.1 Å². The number of morpholine rings is 1. The van der Waals surface area contributed by atoms with Gasteiger partial charge in [0.1, 0.15) is 0 Å². The number of rotatable bonds is 8. The van der Waals surface area contributed by atoms with Crippen LogP contribution < -0.4 is 15.5 Å². The molecule has 0 aliphatic carbocycles. The zero-order valence-electron chi connectivity index (χ0n) is 26.1. The van der Waals surface area contributed by atoms with Crippen molar-refractivity contribution in [2.45, 2.75) is 32.4 Å². The minimum atomic E-state index is -0.160. The van der Waals surface area contributed by atoms with E-state index < -0.39 is 0 Å². The molecule has 0 saturated carbocycles. The normalized spacial score (nSPS) is 18.2. The second-order valence-corrected chi connectivity index (χ2v) is 12.3. The molecule has 8 nitrogen and oxygen atoms in total. The third-order valence-corrected chi connectivity index (χ3v) is 9.47. The van der Waals surface area contributed by atoms with Crippen LogP contribution in [0.3, 0.4) is 0 Å². The van der Waals surface area contributed by atoms with Crippen molar-refractivity contribution < 1.29 is 9.53 Å². The number of aromatic nitrogens is 2. The summed E-state index contributed by atoms with van der Waals surface area (Å²) < 4.78 is 7.84. The number of ether oxygens (including phenoxy) is 1. The van der Waals surface area contributed by atoms with E-state index in [0.29, 0.717) is 11.7 Å². The average Bonchev–Trinajstić information content (AvgIpc) is 3.58. The standard InChI is InChI=1S/C37H38N6O2S/c1-25-24-31(26(2)43(25)29-15-13-28(14-16-29)41-20-22-45-23-21-41)36-35(33-11-5-6-18-38-33)40-37(46)42(36)19-17-34(44)39-32-12-7-9-27-8-3-4-10-30(27)32/h3-16,18,24,35-36H,17,19-23H2,1-2H3,(H,39,44)(H,40,46). The Morgan fingerprint density at radius 3 is 2.48 bits per heavy atom. The molecule has 5 aromatic rings. The Hall–Kier alpha value is -4.73. The second kappa shape index (κ2) is 12.9. The molecule has 4 heterocycles. The van der Waals surface area contributed by atoms with Crippen LogP contribution >= 0.6 is 12.2 Å². The van der Waals surface area contributed by atoms with E-state index in [1.807, 2.05) is 54.7 Å². The van der Waals surface area contributed by atoms with Gasteiger partial charge in [0.05, 0.1) is 31.0 Å². The van der Waals surface area contributed by atoms with Gasteiger partial charge < -0.3 is 29.7 Å². The topological polar surface area (TPSA) is 74.7 Å². The lowest BCUT2D eigenvalue weighted by Crippen LogP contribution is -2.36. The first-order valence-electron chi connectivity index (χ1n) is 15.9. The Morgan fingerprint density at radius 2 is 1.70 bits per heavy atom. The number of carbonyl (C=O) groups excluding carboxylic acids is 1. The van der Waals surface area contributed by atoms with Gasteiger partial charge in [-0.15, -0.1) is 0 Å². The average molecular weight is 631 g/mol. The van der Waals surface area contributed by atoms with Crippen LogP contribution in [0.4, 0.5) is 11.4 Å². The van der Waals surface area contributed by atoms with E-state index in [9.17, 15) is 4.79 Å². The number of anilines is 2. The lowest BCUT2D eigenvalue weighted by atomic mass is 9.96. The first-order valence-corrected chi connectivity index (χ1v) is 16.3. The summed E-state index contributed by atoms with van der Waals surface area (Å²) in [5.74, 6) is -0.0509. The van der Waals surface area contributed by atoms with Crippen molar-refractivity contribution in [3.8, 4) is 5.69 Å². The van der Waals surface area contributed by atoms with Gasteiger partial charge in [-0.25, -0.2) is 0 Å². The molecule has 2 saturated heterocycles. The zero-order chi connectivity index (χ0) is 31.6. The summed E-state index contributed by atoms with van der Waals surface area (Å²) in [6.45, 7) is 8.11. The smallest absolute Gasteiger partial charge is 0.226 e. The number of thiocarbonyl (C=S) groups is 1. The highest BCUT2D eigenvalue weighted by Gasteiger charge is 2.41. The van der Waals surface area contributed by atoms with Crippen molar-refractivity contribution >= 4 is 45.4 Å². The molecule has 1 amide bonds. The van der Waals surface area contributed by atoms with Crippen LogP contribution in [0.1, 0.15) is 41.1 Å². The number of nitrogens with zero attached hydrogens (tertiary/aromatic N) is 4. The maximum absolute atomic E-state index is 13.3. The van der Waals surface area contributed by atoms with E-state index in [1.54, 1.807) is 0 Å². The number of hydrogen-bond acceptors (Lipinski definition) is 5. The van der Waals surface area contributed by atoms with Gasteiger partial charge in [-0.05, 0) is 85.5 Å². The van der Waals surface area contributed by atoms with Crippen LogP contribution in [0.25, 0.3) is 16.5 Å². The highest BCUT2D eigenvalue weighted by molar-refractivity contribution is 7.80. The molecule has 0 bridgehead atoms. The number of nitrogens with one attached hydrogen (secondary N) is 2. The van der Waals surface area contributed by atoms with E-state index in [4.69, 9.17) is 21.9 Å². The molecule has 2 aromatic heterocycles. The molecule has 2 unspecified atom stereocenters. The van der Waals surface area contributed by atoms with Crippen LogP contribution in [-0.2, 0) is 9.53 Å². The van der Waals surface area contributed by atoms with Gasteiger partial charge in [0, 0.05) is 66.1 Å². The van der Waals surface area contributed by atoms with Crippen LogP contribution in [0, 0.1) is 13.8 Å². The van der Waals surface area contributed by atoms with Crippen LogP contribution in [-0.4, -0.2) is 58.3 Å². The summed E-state index contributed by atoms with van der Waals surface area (Å²) in [6, 6.07) is 30.7.